The van der Waals surface area contributed by atoms with Crippen molar-refractivity contribution in [2.45, 2.75) is 44.2 Å². The summed E-state index contributed by atoms with van der Waals surface area (Å²) < 4.78 is 11.5. The van der Waals surface area contributed by atoms with Gasteiger partial charge in [0.2, 0.25) is 0 Å². The molecule has 1 aromatic rings. The summed E-state index contributed by atoms with van der Waals surface area (Å²) in [4.78, 5) is 0. The highest BCUT2D eigenvalue weighted by molar-refractivity contribution is 5.13. The Bertz CT molecular complexity index is 323. The number of rotatable bonds is 3. The van der Waals surface area contributed by atoms with E-state index < -0.39 is 0 Å². The molecule has 0 spiro atoms. The van der Waals surface area contributed by atoms with Gasteiger partial charge in [-0.1, -0.05) is 30.3 Å². The third-order valence-corrected chi connectivity index (χ3v) is 3.27. The molecule has 1 aromatic carbocycles. The highest BCUT2D eigenvalue weighted by atomic mass is 16.6. The second-order valence-corrected chi connectivity index (χ2v) is 4.41. The van der Waals surface area contributed by atoms with Gasteiger partial charge in [-0.05, 0) is 24.8 Å². The molecule has 0 N–H and O–H groups in total. The standard InChI is InChI=1S/C13H16O2/c1-2-5-10(6-3-1)9-14-11-7-4-8-12-13(11)15-12/h1-3,5-6,11-13H,4,7-9H2/t11-,12+,13?/m1/s1. The molecule has 0 aromatic heterocycles. The predicted molar refractivity (Wildman–Crippen MR) is 57.5 cm³/mol. The third kappa shape index (κ3) is 2.06. The van der Waals surface area contributed by atoms with Crippen LogP contribution in [-0.2, 0) is 16.1 Å². The van der Waals surface area contributed by atoms with Crippen LogP contribution < -0.4 is 0 Å². The average Bonchev–Trinajstić information content (AvgIpc) is 3.07. The summed E-state index contributed by atoms with van der Waals surface area (Å²) in [7, 11) is 0. The largest absolute Gasteiger partial charge is 0.371 e. The van der Waals surface area contributed by atoms with Crippen LogP contribution in [0.5, 0.6) is 0 Å². The lowest BCUT2D eigenvalue weighted by Gasteiger charge is -2.18. The fraction of sp³-hybridized carbons (Fsp3) is 0.538. The Hall–Kier alpha value is -0.860. The summed E-state index contributed by atoms with van der Waals surface area (Å²) in [6.45, 7) is 0.720. The Balaban J connectivity index is 1.54. The molecule has 2 heteroatoms. The SMILES string of the molecule is c1ccc(CO[C@@H]2CCC[C@@H]3OC32)cc1. The molecule has 1 saturated heterocycles. The molecule has 2 aliphatic rings. The quantitative estimate of drug-likeness (QED) is 0.706. The fourth-order valence-electron chi connectivity index (χ4n) is 2.36. The Morgan fingerprint density at radius 3 is 2.93 bits per heavy atom. The van der Waals surface area contributed by atoms with Crippen LogP contribution in [0, 0.1) is 0 Å². The molecule has 0 amide bonds. The van der Waals surface area contributed by atoms with E-state index in [4.69, 9.17) is 9.47 Å². The molecule has 3 atom stereocenters. The van der Waals surface area contributed by atoms with E-state index in [1.807, 2.05) is 6.07 Å². The normalized spacial score (nSPS) is 33.5. The van der Waals surface area contributed by atoms with Gasteiger partial charge in [-0.25, -0.2) is 0 Å². The Kier molecular flexibility index (Phi) is 2.47. The third-order valence-electron chi connectivity index (χ3n) is 3.27. The summed E-state index contributed by atoms with van der Waals surface area (Å²) in [6, 6.07) is 10.3. The fourth-order valence-corrected chi connectivity index (χ4v) is 2.36. The van der Waals surface area contributed by atoms with E-state index in [1.54, 1.807) is 0 Å². The maximum absolute atomic E-state index is 5.90. The molecule has 80 valence electrons. The van der Waals surface area contributed by atoms with Crippen LogP contribution in [0.4, 0.5) is 0 Å². The van der Waals surface area contributed by atoms with Gasteiger partial charge in [-0.3, -0.25) is 0 Å². The number of ether oxygens (including phenoxy) is 2. The summed E-state index contributed by atoms with van der Waals surface area (Å²) in [6.07, 6.45) is 4.90. The van der Waals surface area contributed by atoms with Crippen molar-refractivity contribution >= 4 is 0 Å². The van der Waals surface area contributed by atoms with Gasteiger partial charge in [0, 0.05) is 0 Å². The minimum atomic E-state index is 0.337. The van der Waals surface area contributed by atoms with Gasteiger partial charge in [0.25, 0.3) is 0 Å². The Morgan fingerprint density at radius 1 is 1.20 bits per heavy atom. The average molecular weight is 204 g/mol. The van der Waals surface area contributed by atoms with Gasteiger partial charge < -0.3 is 9.47 Å². The van der Waals surface area contributed by atoms with Crippen molar-refractivity contribution in [1.82, 2.24) is 0 Å². The van der Waals surface area contributed by atoms with Gasteiger partial charge in [0.1, 0.15) is 6.10 Å². The molecule has 0 radical (unpaired) electrons. The lowest BCUT2D eigenvalue weighted by Crippen LogP contribution is -2.25. The minimum absolute atomic E-state index is 0.337. The highest BCUT2D eigenvalue weighted by Gasteiger charge is 2.47. The number of benzene rings is 1. The number of hydrogen-bond acceptors (Lipinski definition) is 2. The van der Waals surface area contributed by atoms with Gasteiger partial charge in [0.15, 0.2) is 0 Å². The smallest absolute Gasteiger partial charge is 0.110 e. The van der Waals surface area contributed by atoms with E-state index in [0.29, 0.717) is 18.3 Å². The first-order valence-electron chi connectivity index (χ1n) is 5.74. The Morgan fingerprint density at radius 2 is 2.07 bits per heavy atom. The summed E-state index contributed by atoms with van der Waals surface area (Å²) in [5, 5.41) is 0. The monoisotopic (exact) mass is 204 g/mol. The van der Waals surface area contributed by atoms with Crippen LogP contribution in [0.1, 0.15) is 24.8 Å². The number of epoxide rings is 1. The zero-order chi connectivity index (χ0) is 10.1. The van der Waals surface area contributed by atoms with Crippen molar-refractivity contribution < 1.29 is 9.47 Å². The molecule has 15 heavy (non-hydrogen) atoms. The molecule has 1 heterocycles. The van der Waals surface area contributed by atoms with Crippen molar-refractivity contribution in [2.75, 3.05) is 0 Å². The molecule has 2 nitrogen and oxygen atoms in total. The zero-order valence-electron chi connectivity index (χ0n) is 8.76. The topological polar surface area (TPSA) is 21.8 Å². The van der Waals surface area contributed by atoms with Gasteiger partial charge in [-0.15, -0.1) is 0 Å². The summed E-state index contributed by atoms with van der Waals surface area (Å²) >= 11 is 0. The summed E-state index contributed by atoms with van der Waals surface area (Å²) in [5.74, 6) is 0. The lowest BCUT2D eigenvalue weighted by molar-refractivity contribution is 0.0135. The highest BCUT2D eigenvalue weighted by Crippen LogP contribution is 2.38. The second kappa shape index (κ2) is 3.95. The molecule has 1 unspecified atom stereocenters. The van der Waals surface area contributed by atoms with Gasteiger partial charge >= 0.3 is 0 Å². The van der Waals surface area contributed by atoms with Crippen molar-refractivity contribution in [1.29, 1.82) is 0 Å². The van der Waals surface area contributed by atoms with Crippen molar-refractivity contribution in [3.63, 3.8) is 0 Å². The zero-order valence-corrected chi connectivity index (χ0v) is 8.76. The van der Waals surface area contributed by atoms with Crippen LogP contribution in [0.2, 0.25) is 0 Å². The van der Waals surface area contributed by atoms with Crippen LogP contribution in [-0.4, -0.2) is 18.3 Å². The molecule has 1 aliphatic carbocycles. The first-order chi connectivity index (χ1) is 7.43. The molecule has 1 aliphatic heterocycles. The molecule has 0 bridgehead atoms. The lowest BCUT2D eigenvalue weighted by atomic mass is 9.98. The minimum Gasteiger partial charge on any atom is -0.371 e. The summed E-state index contributed by atoms with van der Waals surface area (Å²) in [5.41, 5.74) is 1.25. The van der Waals surface area contributed by atoms with Crippen LogP contribution in [0.15, 0.2) is 30.3 Å². The molecule has 1 saturated carbocycles. The van der Waals surface area contributed by atoms with E-state index in [2.05, 4.69) is 24.3 Å². The van der Waals surface area contributed by atoms with Crippen LogP contribution in [0.25, 0.3) is 0 Å². The number of fused-ring (bicyclic) bond motifs is 1. The maximum atomic E-state index is 5.90. The first kappa shape index (κ1) is 9.37. The molecular formula is C13H16O2. The number of hydrogen-bond donors (Lipinski definition) is 0. The van der Waals surface area contributed by atoms with Crippen molar-refractivity contribution in [3.8, 4) is 0 Å². The molecule has 2 fully saturated rings. The van der Waals surface area contributed by atoms with E-state index in [1.165, 1.54) is 18.4 Å². The van der Waals surface area contributed by atoms with E-state index in [0.717, 1.165) is 13.0 Å². The predicted octanol–water partition coefficient (Wildman–Crippen LogP) is 2.52. The van der Waals surface area contributed by atoms with Gasteiger partial charge in [0.05, 0.1) is 18.8 Å². The molecule has 3 rings (SSSR count). The van der Waals surface area contributed by atoms with E-state index in [-0.39, 0.29) is 0 Å². The van der Waals surface area contributed by atoms with E-state index in [9.17, 15) is 0 Å². The van der Waals surface area contributed by atoms with Crippen molar-refractivity contribution in [2.24, 2.45) is 0 Å². The van der Waals surface area contributed by atoms with Gasteiger partial charge in [-0.2, -0.15) is 0 Å². The van der Waals surface area contributed by atoms with Crippen LogP contribution >= 0.6 is 0 Å². The molecular weight excluding hydrogens is 188 g/mol. The second-order valence-electron chi connectivity index (χ2n) is 4.41. The van der Waals surface area contributed by atoms with Crippen LogP contribution in [0.3, 0.4) is 0 Å². The maximum Gasteiger partial charge on any atom is 0.110 e. The van der Waals surface area contributed by atoms with Crippen molar-refractivity contribution in [3.05, 3.63) is 35.9 Å². The van der Waals surface area contributed by atoms with E-state index >= 15 is 0 Å². The Labute approximate surface area is 90.2 Å². The first-order valence-corrected chi connectivity index (χ1v) is 5.74.